The second-order valence-electron chi connectivity index (χ2n) is 3.83. The normalized spacial score (nSPS) is 10.6. The van der Waals surface area contributed by atoms with Crippen LogP contribution in [0.2, 0.25) is 0 Å². The summed E-state index contributed by atoms with van der Waals surface area (Å²) >= 11 is 0. The lowest BCUT2D eigenvalue weighted by atomic mass is 10.1. The van der Waals surface area contributed by atoms with Crippen LogP contribution < -0.4 is 11.1 Å². The topological polar surface area (TPSA) is 79.6 Å². The Morgan fingerprint density at radius 3 is 3.06 bits per heavy atom. The minimum Gasteiger partial charge on any atom is -0.330 e. The second kappa shape index (κ2) is 6.12. The SMILES string of the molecule is NCCCNCc1cn[nH]c1-c1cccnc1. The molecule has 2 aromatic heterocycles. The summed E-state index contributed by atoms with van der Waals surface area (Å²) < 4.78 is 0. The van der Waals surface area contributed by atoms with E-state index in [2.05, 4.69) is 20.5 Å². The van der Waals surface area contributed by atoms with E-state index in [1.807, 2.05) is 24.5 Å². The zero-order chi connectivity index (χ0) is 11.9. The van der Waals surface area contributed by atoms with Crippen LogP contribution in [0.15, 0.2) is 30.7 Å². The quantitative estimate of drug-likeness (QED) is 0.646. The van der Waals surface area contributed by atoms with E-state index in [4.69, 9.17) is 5.73 Å². The maximum Gasteiger partial charge on any atom is 0.0710 e. The number of hydrogen-bond donors (Lipinski definition) is 3. The number of pyridine rings is 1. The van der Waals surface area contributed by atoms with Crippen LogP contribution in [-0.4, -0.2) is 28.3 Å². The molecule has 0 amide bonds. The summed E-state index contributed by atoms with van der Waals surface area (Å²) in [6, 6.07) is 3.94. The monoisotopic (exact) mass is 231 g/mol. The molecule has 0 aromatic carbocycles. The Bertz CT molecular complexity index is 437. The van der Waals surface area contributed by atoms with E-state index >= 15 is 0 Å². The van der Waals surface area contributed by atoms with Crippen molar-refractivity contribution in [2.45, 2.75) is 13.0 Å². The molecule has 0 spiro atoms. The van der Waals surface area contributed by atoms with Crippen LogP contribution in [0.3, 0.4) is 0 Å². The van der Waals surface area contributed by atoms with Gasteiger partial charge in [0, 0.05) is 30.1 Å². The maximum absolute atomic E-state index is 5.44. The van der Waals surface area contributed by atoms with Crippen molar-refractivity contribution in [2.75, 3.05) is 13.1 Å². The predicted octanol–water partition coefficient (Wildman–Crippen LogP) is 0.910. The Morgan fingerprint density at radius 1 is 1.35 bits per heavy atom. The molecule has 4 N–H and O–H groups in total. The largest absolute Gasteiger partial charge is 0.330 e. The fourth-order valence-electron chi connectivity index (χ4n) is 1.66. The van der Waals surface area contributed by atoms with E-state index in [1.165, 1.54) is 0 Å². The van der Waals surface area contributed by atoms with Crippen molar-refractivity contribution in [1.82, 2.24) is 20.5 Å². The van der Waals surface area contributed by atoms with Crippen LogP contribution >= 0.6 is 0 Å². The average Bonchev–Trinajstić information content (AvgIpc) is 2.84. The number of nitrogens with zero attached hydrogens (tertiary/aromatic N) is 2. The van der Waals surface area contributed by atoms with Gasteiger partial charge in [0.05, 0.1) is 11.9 Å². The van der Waals surface area contributed by atoms with Gasteiger partial charge in [-0.2, -0.15) is 5.10 Å². The number of aromatic amines is 1. The minimum atomic E-state index is 0.716. The molecule has 0 fully saturated rings. The Kier molecular flexibility index (Phi) is 4.23. The molecule has 2 rings (SSSR count). The molecule has 0 bridgehead atoms. The Labute approximate surface area is 100 Å². The molecule has 0 aliphatic carbocycles. The summed E-state index contributed by atoms with van der Waals surface area (Å²) in [5.41, 5.74) is 8.67. The Balaban J connectivity index is 2.02. The van der Waals surface area contributed by atoms with E-state index in [0.717, 1.165) is 36.3 Å². The molecule has 2 aromatic rings. The van der Waals surface area contributed by atoms with Crippen LogP contribution in [-0.2, 0) is 6.54 Å². The van der Waals surface area contributed by atoms with Gasteiger partial charge in [-0.1, -0.05) is 0 Å². The summed E-state index contributed by atoms with van der Waals surface area (Å²) in [7, 11) is 0. The molecule has 0 aliphatic heterocycles. The molecule has 0 saturated carbocycles. The zero-order valence-electron chi connectivity index (χ0n) is 9.69. The average molecular weight is 231 g/mol. The van der Waals surface area contributed by atoms with Crippen molar-refractivity contribution < 1.29 is 0 Å². The summed E-state index contributed by atoms with van der Waals surface area (Å²) in [6.07, 6.45) is 6.42. The lowest BCUT2D eigenvalue weighted by Gasteiger charge is -2.04. The van der Waals surface area contributed by atoms with Gasteiger partial charge in [0.25, 0.3) is 0 Å². The fraction of sp³-hybridized carbons (Fsp3) is 0.333. The first kappa shape index (κ1) is 11.8. The third-order valence-corrected chi connectivity index (χ3v) is 2.54. The zero-order valence-corrected chi connectivity index (χ0v) is 9.69. The highest BCUT2D eigenvalue weighted by atomic mass is 15.1. The summed E-state index contributed by atoms with van der Waals surface area (Å²) in [6.45, 7) is 2.43. The molecule has 17 heavy (non-hydrogen) atoms. The number of hydrogen-bond acceptors (Lipinski definition) is 4. The van der Waals surface area contributed by atoms with Crippen molar-refractivity contribution in [3.8, 4) is 11.3 Å². The lowest BCUT2D eigenvalue weighted by Crippen LogP contribution is -2.17. The molecule has 0 saturated heterocycles. The van der Waals surface area contributed by atoms with E-state index < -0.39 is 0 Å². The number of nitrogens with one attached hydrogen (secondary N) is 2. The lowest BCUT2D eigenvalue weighted by molar-refractivity contribution is 0.656. The van der Waals surface area contributed by atoms with Crippen LogP contribution in [0.1, 0.15) is 12.0 Å². The van der Waals surface area contributed by atoms with Gasteiger partial charge < -0.3 is 11.1 Å². The molecule has 0 atom stereocenters. The number of H-pyrrole nitrogens is 1. The third-order valence-electron chi connectivity index (χ3n) is 2.54. The van der Waals surface area contributed by atoms with Crippen molar-refractivity contribution in [1.29, 1.82) is 0 Å². The molecular formula is C12H17N5. The first-order chi connectivity index (χ1) is 8.42. The molecule has 5 heteroatoms. The minimum absolute atomic E-state index is 0.716. The second-order valence-corrected chi connectivity index (χ2v) is 3.83. The summed E-state index contributed by atoms with van der Waals surface area (Å²) in [5.74, 6) is 0. The standard InChI is InChI=1S/C12H17N5/c13-4-2-6-15-8-11-9-16-17-12(11)10-3-1-5-14-7-10/h1,3,5,7,9,15H,2,4,6,8,13H2,(H,16,17). The number of rotatable bonds is 6. The van der Waals surface area contributed by atoms with Crippen molar-refractivity contribution in [3.05, 3.63) is 36.3 Å². The van der Waals surface area contributed by atoms with Crippen molar-refractivity contribution in [3.63, 3.8) is 0 Å². The van der Waals surface area contributed by atoms with Gasteiger partial charge in [-0.25, -0.2) is 0 Å². The van der Waals surface area contributed by atoms with Gasteiger partial charge in [0.1, 0.15) is 0 Å². The van der Waals surface area contributed by atoms with Gasteiger partial charge in [-0.3, -0.25) is 10.1 Å². The third kappa shape index (κ3) is 3.12. The molecule has 2 heterocycles. The van der Waals surface area contributed by atoms with Gasteiger partial charge in [-0.05, 0) is 31.6 Å². The van der Waals surface area contributed by atoms with Crippen molar-refractivity contribution >= 4 is 0 Å². The molecule has 0 radical (unpaired) electrons. The van der Waals surface area contributed by atoms with Gasteiger partial charge in [-0.15, -0.1) is 0 Å². The van der Waals surface area contributed by atoms with Crippen molar-refractivity contribution in [2.24, 2.45) is 5.73 Å². The Morgan fingerprint density at radius 2 is 2.29 bits per heavy atom. The molecule has 90 valence electrons. The van der Waals surface area contributed by atoms with Crippen LogP contribution in [0.5, 0.6) is 0 Å². The van der Waals surface area contributed by atoms with Crippen LogP contribution in [0.4, 0.5) is 0 Å². The number of nitrogens with two attached hydrogens (primary N) is 1. The van der Waals surface area contributed by atoms with E-state index in [-0.39, 0.29) is 0 Å². The highest BCUT2D eigenvalue weighted by molar-refractivity contribution is 5.61. The maximum atomic E-state index is 5.44. The van der Waals surface area contributed by atoms with E-state index in [9.17, 15) is 0 Å². The van der Waals surface area contributed by atoms with E-state index in [0.29, 0.717) is 6.54 Å². The van der Waals surface area contributed by atoms with Crippen LogP contribution in [0, 0.1) is 0 Å². The summed E-state index contributed by atoms with van der Waals surface area (Å²) in [5, 5.41) is 10.4. The highest BCUT2D eigenvalue weighted by Gasteiger charge is 2.06. The van der Waals surface area contributed by atoms with Gasteiger partial charge in [0.15, 0.2) is 0 Å². The smallest absolute Gasteiger partial charge is 0.0710 e. The van der Waals surface area contributed by atoms with E-state index in [1.54, 1.807) is 6.20 Å². The molecular weight excluding hydrogens is 214 g/mol. The first-order valence-corrected chi connectivity index (χ1v) is 5.75. The first-order valence-electron chi connectivity index (χ1n) is 5.75. The summed E-state index contributed by atoms with van der Waals surface area (Å²) in [4.78, 5) is 4.11. The predicted molar refractivity (Wildman–Crippen MR) is 67.2 cm³/mol. The number of aromatic nitrogens is 3. The fourth-order valence-corrected chi connectivity index (χ4v) is 1.66. The van der Waals surface area contributed by atoms with Gasteiger partial charge >= 0.3 is 0 Å². The molecule has 0 unspecified atom stereocenters. The highest BCUT2D eigenvalue weighted by Crippen LogP contribution is 2.19. The van der Waals surface area contributed by atoms with Gasteiger partial charge in [0.2, 0.25) is 0 Å². The molecule has 5 nitrogen and oxygen atoms in total. The molecule has 0 aliphatic rings. The Hall–Kier alpha value is -1.72. The van der Waals surface area contributed by atoms with Crippen LogP contribution in [0.25, 0.3) is 11.3 Å².